The lowest BCUT2D eigenvalue weighted by atomic mass is 9.92. The molecular formula is C11H23NO3. The van der Waals surface area contributed by atoms with E-state index >= 15 is 0 Å². The Balaban J connectivity index is 2.14. The molecule has 0 aliphatic carbocycles. The molecule has 0 radical (unpaired) electrons. The fraction of sp³-hybridized carbons (Fsp3) is 1.00. The van der Waals surface area contributed by atoms with E-state index in [1.54, 1.807) is 0 Å². The summed E-state index contributed by atoms with van der Waals surface area (Å²) in [5.74, 6) is 0.244. The van der Waals surface area contributed by atoms with Gasteiger partial charge in [0.2, 0.25) is 0 Å². The van der Waals surface area contributed by atoms with Crippen LogP contribution in [0.15, 0.2) is 0 Å². The average molecular weight is 217 g/mol. The molecule has 1 rings (SSSR count). The smallest absolute Gasteiger partial charge is 0.0933 e. The first kappa shape index (κ1) is 12.9. The van der Waals surface area contributed by atoms with Crippen LogP contribution < -0.4 is 5.32 Å². The summed E-state index contributed by atoms with van der Waals surface area (Å²) < 4.78 is 10.8. The molecule has 1 aliphatic rings. The third-order valence-electron chi connectivity index (χ3n) is 2.98. The molecule has 0 amide bonds. The third-order valence-corrected chi connectivity index (χ3v) is 2.98. The Morgan fingerprint density at radius 1 is 1.47 bits per heavy atom. The van der Waals surface area contributed by atoms with E-state index in [0.717, 1.165) is 6.54 Å². The van der Waals surface area contributed by atoms with E-state index in [1.165, 1.54) is 0 Å². The van der Waals surface area contributed by atoms with E-state index < -0.39 is 5.60 Å². The molecule has 1 fully saturated rings. The Kier molecular flexibility index (Phi) is 4.99. The molecule has 15 heavy (non-hydrogen) atoms. The molecule has 90 valence electrons. The second kappa shape index (κ2) is 5.80. The van der Waals surface area contributed by atoms with E-state index in [2.05, 4.69) is 5.32 Å². The molecule has 0 bridgehead atoms. The van der Waals surface area contributed by atoms with Gasteiger partial charge < -0.3 is 19.9 Å². The normalized spacial score (nSPS) is 26.6. The molecule has 0 aromatic heterocycles. The minimum absolute atomic E-state index is 0.127. The number of nitrogens with one attached hydrogen (secondary N) is 1. The lowest BCUT2D eigenvalue weighted by Gasteiger charge is -2.29. The average Bonchev–Trinajstić information content (AvgIpc) is 2.19. The maximum Gasteiger partial charge on any atom is 0.0933 e. The van der Waals surface area contributed by atoms with Crippen molar-refractivity contribution in [3.8, 4) is 0 Å². The molecule has 2 unspecified atom stereocenters. The molecule has 1 aliphatic heterocycles. The number of hydrogen-bond donors (Lipinski definition) is 2. The molecule has 4 nitrogen and oxygen atoms in total. The van der Waals surface area contributed by atoms with E-state index in [0.29, 0.717) is 26.4 Å². The van der Waals surface area contributed by atoms with Crippen LogP contribution in [0.25, 0.3) is 0 Å². The Bertz CT molecular complexity index is 177. The Morgan fingerprint density at radius 2 is 2.20 bits per heavy atom. The largest absolute Gasteiger partial charge is 0.389 e. The predicted octanol–water partition coefficient (Wildman–Crippen LogP) is 0.398. The minimum atomic E-state index is -0.657. The maximum absolute atomic E-state index is 9.99. The van der Waals surface area contributed by atoms with Gasteiger partial charge in [-0.25, -0.2) is 0 Å². The third kappa shape index (κ3) is 4.47. The first-order valence-electron chi connectivity index (χ1n) is 5.65. The maximum atomic E-state index is 9.99. The van der Waals surface area contributed by atoms with Gasteiger partial charge in [-0.3, -0.25) is 0 Å². The van der Waals surface area contributed by atoms with E-state index in [9.17, 15) is 5.11 Å². The lowest BCUT2D eigenvalue weighted by molar-refractivity contribution is -0.0882. The van der Waals surface area contributed by atoms with Crippen LogP contribution in [0.5, 0.6) is 0 Å². The van der Waals surface area contributed by atoms with Crippen LogP contribution in [0.2, 0.25) is 0 Å². The van der Waals surface area contributed by atoms with Gasteiger partial charge in [-0.2, -0.15) is 0 Å². The summed E-state index contributed by atoms with van der Waals surface area (Å²) in [6.07, 6.45) is 0.127. The second-order valence-electron chi connectivity index (χ2n) is 4.71. The summed E-state index contributed by atoms with van der Waals surface area (Å²) in [4.78, 5) is 0. The van der Waals surface area contributed by atoms with Gasteiger partial charge in [-0.15, -0.1) is 0 Å². The molecule has 1 saturated heterocycles. The van der Waals surface area contributed by atoms with Crippen molar-refractivity contribution >= 4 is 0 Å². The summed E-state index contributed by atoms with van der Waals surface area (Å²) in [7, 11) is 0. The number of rotatable bonds is 5. The molecule has 4 heteroatoms. The molecule has 1 heterocycles. The van der Waals surface area contributed by atoms with Crippen LogP contribution in [0, 0.1) is 5.92 Å². The van der Waals surface area contributed by atoms with Gasteiger partial charge in [-0.05, 0) is 12.8 Å². The van der Waals surface area contributed by atoms with Gasteiger partial charge in [0.15, 0.2) is 0 Å². The molecule has 2 N–H and O–H groups in total. The second-order valence-corrected chi connectivity index (χ2v) is 4.71. The van der Waals surface area contributed by atoms with Crippen molar-refractivity contribution in [3.63, 3.8) is 0 Å². The Hall–Kier alpha value is -0.160. The van der Waals surface area contributed by atoms with Gasteiger partial charge in [0.25, 0.3) is 0 Å². The Morgan fingerprint density at radius 3 is 2.73 bits per heavy atom. The zero-order valence-electron chi connectivity index (χ0n) is 9.95. The summed E-state index contributed by atoms with van der Waals surface area (Å²) in [6, 6.07) is 0. The Labute approximate surface area is 92.0 Å². The van der Waals surface area contributed by atoms with Crippen molar-refractivity contribution in [1.82, 2.24) is 5.32 Å². The van der Waals surface area contributed by atoms with Gasteiger partial charge in [0.05, 0.1) is 31.5 Å². The first-order chi connectivity index (χ1) is 7.02. The van der Waals surface area contributed by atoms with Crippen molar-refractivity contribution in [1.29, 1.82) is 0 Å². The van der Waals surface area contributed by atoms with Gasteiger partial charge in [0, 0.05) is 13.1 Å². The van der Waals surface area contributed by atoms with Crippen molar-refractivity contribution in [2.24, 2.45) is 5.92 Å². The summed E-state index contributed by atoms with van der Waals surface area (Å²) in [6.45, 7) is 9.23. The van der Waals surface area contributed by atoms with Gasteiger partial charge in [-0.1, -0.05) is 13.8 Å². The SMILES string of the molecule is CC(C)C(C)(O)CNCC1COCCO1. The zero-order chi connectivity index (χ0) is 11.3. The highest BCUT2D eigenvalue weighted by atomic mass is 16.6. The van der Waals surface area contributed by atoms with Crippen molar-refractivity contribution in [3.05, 3.63) is 0 Å². The number of ether oxygens (including phenoxy) is 2. The summed E-state index contributed by atoms with van der Waals surface area (Å²) in [5.41, 5.74) is -0.657. The van der Waals surface area contributed by atoms with Crippen LogP contribution >= 0.6 is 0 Å². The van der Waals surface area contributed by atoms with Crippen LogP contribution in [-0.4, -0.2) is 49.7 Å². The van der Waals surface area contributed by atoms with Crippen LogP contribution in [-0.2, 0) is 9.47 Å². The van der Waals surface area contributed by atoms with Crippen LogP contribution in [0.3, 0.4) is 0 Å². The first-order valence-corrected chi connectivity index (χ1v) is 5.65. The highest BCUT2D eigenvalue weighted by Gasteiger charge is 2.24. The summed E-state index contributed by atoms with van der Waals surface area (Å²) >= 11 is 0. The molecule has 0 spiro atoms. The van der Waals surface area contributed by atoms with Crippen molar-refractivity contribution in [2.75, 3.05) is 32.9 Å². The quantitative estimate of drug-likeness (QED) is 0.700. The van der Waals surface area contributed by atoms with Gasteiger partial charge >= 0.3 is 0 Å². The highest BCUT2D eigenvalue weighted by Crippen LogP contribution is 2.14. The van der Waals surface area contributed by atoms with Crippen molar-refractivity contribution in [2.45, 2.75) is 32.5 Å². The fourth-order valence-electron chi connectivity index (χ4n) is 1.34. The molecule has 2 atom stereocenters. The molecular weight excluding hydrogens is 194 g/mol. The molecule has 0 aromatic rings. The van der Waals surface area contributed by atoms with E-state index in [4.69, 9.17) is 9.47 Å². The monoisotopic (exact) mass is 217 g/mol. The standard InChI is InChI=1S/C11H23NO3/c1-9(2)11(3,13)8-12-6-10-7-14-4-5-15-10/h9-10,12-13H,4-8H2,1-3H3. The summed E-state index contributed by atoms with van der Waals surface area (Å²) in [5, 5.41) is 13.2. The van der Waals surface area contributed by atoms with E-state index in [-0.39, 0.29) is 12.0 Å². The van der Waals surface area contributed by atoms with Gasteiger partial charge in [0.1, 0.15) is 0 Å². The number of hydrogen-bond acceptors (Lipinski definition) is 4. The highest BCUT2D eigenvalue weighted by molar-refractivity contribution is 4.79. The lowest BCUT2D eigenvalue weighted by Crippen LogP contribution is -2.46. The van der Waals surface area contributed by atoms with Crippen LogP contribution in [0.4, 0.5) is 0 Å². The van der Waals surface area contributed by atoms with E-state index in [1.807, 2.05) is 20.8 Å². The number of aliphatic hydroxyl groups is 1. The molecule has 0 saturated carbocycles. The predicted molar refractivity (Wildman–Crippen MR) is 58.9 cm³/mol. The zero-order valence-corrected chi connectivity index (χ0v) is 9.95. The topological polar surface area (TPSA) is 50.7 Å². The minimum Gasteiger partial charge on any atom is -0.389 e. The van der Waals surface area contributed by atoms with Crippen molar-refractivity contribution < 1.29 is 14.6 Å². The van der Waals surface area contributed by atoms with Crippen LogP contribution in [0.1, 0.15) is 20.8 Å². The fourth-order valence-corrected chi connectivity index (χ4v) is 1.34. The molecule has 0 aromatic carbocycles.